The molecular weight excluding hydrogens is 356 g/mol. The van der Waals surface area contributed by atoms with E-state index in [0.29, 0.717) is 46.7 Å². The van der Waals surface area contributed by atoms with Gasteiger partial charge in [-0.2, -0.15) is 0 Å². The lowest BCUT2D eigenvalue weighted by Crippen LogP contribution is -2.29. The first-order valence-electron chi connectivity index (χ1n) is 8.23. The topological polar surface area (TPSA) is 76.7 Å². The Labute approximate surface area is 157 Å². The molecule has 0 atom stereocenters. The van der Waals surface area contributed by atoms with Crippen LogP contribution in [0.1, 0.15) is 19.4 Å². The van der Waals surface area contributed by atoms with Crippen LogP contribution in [-0.4, -0.2) is 25.0 Å². The number of carbonyl (C=O) groups excluding carboxylic acids is 2. The largest absolute Gasteiger partial charge is 0.490 e. The molecule has 2 aromatic rings. The fraction of sp³-hybridized carbons (Fsp3) is 0.263. The Bertz CT molecular complexity index is 808. The first kappa shape index (κ1) is 19.6. The SMILES string of the molecule is CCOc1ccc(NC(=O)C(=O)Nc2cccc(Cl)c2C)cc1OCC. The zero-order chi connectivity index (χ0) is 19.1. The lowest BCUT2D eigenvalue weighted by molar-refractivity contribution is -0.133. The molecule has 0 bridgehead atoms. The summed E-state index contributed by atoms with van der Waals surface area (Å²) in [7, 11) is 0. The van der Waals surface area contributed by atoms with E-state index in [1.165, 1.54) is 0 Å². The van der Waals surface area contributed by atoms with E-state index < -0.39 is 11.8 Å². The molecule has 2 amide bonds. The quantitative estimate of drug-likeness (QED) is 0.746. The van der Waals surface area contributed by atoms with E-state index in [-0.39, 0.29) is 0 Å². The van der Waals surface area contributed by atoms with Gasteiger partial charge in [0.2, 0.25) is 0 Å². The summed E-state index contributed by atoms with van der Waals surface area (Å²) < 4.78 is 11.0. The molecule has 0 fully saturated rings. The summed E-state index contributed by atoms with van der Waals surface area (Å²) in [6.45, 7) is 6.42. The molecule has 0 radical (unpaired) electrons. The number of rotatable bonds is 6. The Morgan fingerprint density at radius 3 is 2.31 bits per heavy atom. The molecular formula is C19H21ClN2O4. The predicted molar refractivity (Wildman–Crippen MR) is 102 cm³/mol. The van der Waals surface area contributed by atoms with E-state index in [1.807, 2.05) is 13.8 Å². The van der Waals surface area contributed by atoms with E-state index in [2.05, 4.69) is 10.6 Å². The van der Waals surface area contributed by atoms with Gasteiger partial charge in [-0.15, -0.1) is 0 Å². The molecule has 0 saturated heterocycles. The second kappa shape index (κ2) is 9.10. The molecule has 0 aliphatic carbocycles. The molecule has 7 heteroatoms. The van der Waals surface area contributed by atoms with Gasteiger partial charge in [-0.25, -0.2) is 0 Å². The normalized spacial score (nSPS) is 10.2. The number of hydrogen-bond acceptors (Lipinski definition) is 4. The number of ether oxygens (including phenoxy) is 2. The average molecular weight is 377 g/mol. The summed E-state index contributed by atoms with van der Waals surface area (Å²) >= 11 is 6.02. The molecule has 0 heterocycles. The summed E-state index contributed by atoms with van der Waals surface area (Å²) in [5.41, 5.74) is 1.61. The summed E-state index contributed by atoms with van der Waals surface area (Å²) in [6.07, 6.45) is 0. The minimum atomic E-state index is -0.795. The van der Waals surface area contributed by atoms with E-state index in [1.54, 1.807) is 43.3 Å². The molecule has 0 saturated carbocycles. The zero-order valence-electron chi connectivity index (χ0n) is 14.9. The van der Waals surface area contributed by atoms with Crippen LogP contribution in [0.15, 0.2) is 36.4 Å². The van der Waals surface area contributed by atoms with E-state index in [4.69, 9.17) is 21.1 Å². The lowest BCUT2D eigenvalue weighted by atomic mass is 10.2. The minimum absolute atomic E-state index is 0.430. The van der Waals surface area contributed by atoms with Crippen molar-refractivity contribution in [3.05, 3.63) is 47.0 Å². The van der Waals surface area contributed by atoms with Crippen molar-refractivity contribution in [2.75, 3.05) is 23.8 Å². The van der Waals surface area contributed by atoms with Gasteiger partial charge in [0.1, 0.15) is 0 Å². The third kappa shape index (κ3) is 4.89. The van der Waals surface area contributed by atoms with Gasteiger partial charge in [0.15, 0.2) is 11.5 Å². The van der Waals surface area contributed by atoms with Crippen LogP contribution in [0.5, 0.6) is 11.5 Å². The van der Waals surface area contributed by atoms with Crippen molar-refractivity contribution >= 4 is 34.8 Å². The number of anilines is 2. The number of carbonyl (C=O) groups is 2. The molecule has 2 N–H and O–H groups in total. The van der Waals surface area contributed by atoms with Gasteiger partial charge >= 0.3 is 11.8 Å². The van der Waals surface area contributed by atoms with Crippen molar-refractivity contribution in [3.8, 4) is 11.5 Å². The summed E-state index contributed by atoms with van der Waals surface area (Å²) in [6, 6.07) is 10.0. The van der Waals surface area contributed by atoms with Crippen molar-refractivity contribution in [1.29, 1.82) is 0 Å². The Morgan fingerprint density at radius 1 is 0.962 bits per heavy atom. The van der Waals surface area contributed by atoms with Gasteiger partial charge in [-0.3, -0.25) is 9.59 Å². The number of halogens is 1. The molecule has 0 aliphatic rings. The molecule has 26 heavy (non-hydrogen) atoms. The second-order valence-electron chi connectivity index (χ2n) is 5.35. The van der Waals surface area contributed by atoms with Gasteiger partial charge in [0, 0.05) is 22.5 Å². The van der Waals surface area contributed by atoms with Crippen molar-refractivity contribution in [1.82, 2.24) is 0 Å². The van der Waals surface area contributed by atoms with Crippen LogP contribution in [-0.2, 0) is 9.59 Å². The van der Waals surface area contributed by atoms with Crippen molar-refractivity contribution in [2.45, 2.75) is 20.8 Å². The smallest absolute Gasteiger partial charge is 0.314 e. The molecule has 2 aromatic carbocycles. The Balaban J connectivity index is 2.09. The fourth-order valence-electron chi connectivity index (χ4n) is 2.24. The molecule has 0 unspecified atom stereocenters. The van der Waals surface area contributed by atoms with Gasteiger partial charge in [-0.05, 0) is 50.6 Å². The number of nitrogens with one attached hydrogen (secondary N) is 2. The van der Waals surface area contributed by atoms with Crippen LogP contribution < -0.4 is 20.1 Å². The van der Waals surface area contributed by atoms with Crippen molar-refractivity contribution < 1.29 is 19.1 Å². The number of amides is 2. The van der Waals surface area contributed by atoms with Crippen molar-refractivity contribution in [3.63, 3.8) is 0 Å². The third-order valence-corrected chi connectivity index (χ3v) is 3.93. The molecule has 0 spiro atoms. The average Bonchev–Trinajstić information content (AvgIpc) is 2.61. The highest BCUT2D eigenvalue weighted by Gasteiger charge is 2.16. The van der Waals surface area contributed by atoms with Gasteiger partial charge in [0.25, 0.3) is 0 Å². The van der Waals surface area contributed by atoms with Crippen LogP contribution in [0, 0.1) is 6.92 Å². The molecule has 2 rings (SSSR count). The van der Waals surface area contributed by atoms with Crippen molar-refractivity contribution in [2.24, 2.45) is 0 Å². The van der Waals surface area contributed by atoms with E-state index in [0.717, 1.165) is 0 Å². The monoisotopic (exact) mass is 376 g/mol. The van der Waals surface area contributed by atoms with E-state index in [9.17, 15) is 9.59 Å². The van der Waals surface area contributed by atoms with Gasteiger partial charge < -0.3 is 20.1 Å². The second-order valence-corrected chi connectivity index (χ2v) is 5.76. The maximum atomic E-state index is 12.2. The number of hydrogen-bond donors (Lipinski definition) is 2. The minimum Gasteiger partial charge on any atom is -0.490 e. The molecule has 138 valence electrons. The highest BCUT2D eigenvalue weighted by Crippen LogP contribution is 2.30. The lowest BCUT2D eigenvalue weighted by Gasteiger charge is -2.13. The maximum absolute atomic E-state index is 12.2. The van der Waals surface area contributed by atoms with Gasteiger partial charge in [-0.1, -0.05) is 17.7 Å². The highest BCUT2D eigenvalue weighted by molar-refractivity contribution is 6.44. The van der Waals surface area contributed by atoms with Crippen LogP contribution >= 0.6 is 11.6 Å². The van der Waals surface area contributed by atoms with E-state index >= 15 is 0 Å². The standard InChI is InChI=1S/C19H21ClN2O4/c1-4-25-16-10-9-13(11-17(16)26-5-2)21-18(23)19(24)22-15-8-6-7-14(20)12(15)3/h6-11H,4-5H2,1-3H3,(H,21,23)(H,22,24). The fourth-order valence-corrected chi connectivity index (χ4v) is 2.41. The number of benzene rings is 2. The first-order chi connectivity index (χ1) is 12.5. The summed E-state index contributed by atoms with van der Waals surface area (Å²) in [5, 5.41) is 5.61. The van der Waals surface area contributed by atoms with Crippen LogP contribution in [0.25, 0.3) is 0 Å². The van der Waals surface area contributed by atoms with Crippen LogP contribution in [0.4, 0.5) is 11.4 Å². The first-order valence-corrected chi connectivity index (χ1v) is 8.61. The Kier molecular flexibility index (Phi) is 6.86. The summed E-state index contributed by atoms with van der Waals surface area (Å²) in [4.78, 5) is 24.3. The van der Waals surface area contributed by atoms with Crippen LogP contribution in [0.2, 0.25) is 5.02 Å². The predicted octanol–water partition coefficient (Wildman–Crippen LogP) is 4.02. The van der Waals surface area contributed by atoms with Crippen LogP contribution in [0.3, 0.4) is 0 Å². The Morgan fingerprint density at radius 2 is 1.62 bits per heavy atom. The molecule has 0 aliphatic heterocycles. The third-order valence-electron chi connectivity index (χ3n) is 3.52. The Hall–Kier alpha value is -2.73. The van der Waals surface area contributed by atoms with Gasteiger partial charge in [0.05, 0.1) is 13.2 Å². The molecule has 6 nitrogen and oxygen atoms in total. The molecule has 0 aromatic heterocycles. The summed E-state index contributed by atoms with van der Waals surface area (Å²) in [5.74, 6) is -0.511. The zero-order valence-corrected chi connectivity index (χ0v) is 15.6. The maximum Gasteiger partial charge on any atom is 0.314 e. The highest BCUT2D eigenvalue weighted by atomic mass is 35.5.